The van der Waals surface area contributed by atoms with Crippen molar-refractivity contribution in [1.29, 1.82) is 0 Å². The van der Waals surface area contributed by atoms with Gasteiger partial charge in [-0.3, -0.25) is 0 Å². The molecule has 3 nitrogen and oxygen atoms in total. The van der Waals surface area contributed by atoms with Crippen LogP contribution < -0.4 is 5.73 Å². The molecule has 18 heavy (non-hydrogen) atoms. The highest BCUT2D eigenvalue weighted by atomic mass is 35.5. The molecule has 0 atom stereocenters. The van der Waals surface area contributed by atoms with Crippen molar-refractivity contribution in [3.8, 4) is 11.3 Å². The van der Waals surface area contributed by atoms with Crippen LogP contribution in [0.2, 0.25) is 10.0 Å². The van der Waals surface area contributed by atoms with E-state index in [0.29, 0.717) is 27.4 Å². The summed E-state index contributed by atoms with van der Waals surface area (Å²) in [6, 6.07) is 7.13. The number of anilines is 1. The number of rotatable bonds is 2. The van der Waals surface area contributed by atoms with E-state index in [1.165, 1.54) is 0 Å². The lowest BCUT2D eigenvalue weighted by Crippen LogP contribution is -2.03. The quantitative estimate of drug-likeness (QED) is 0.899. The number of benzene rings is 1. The summed E-state index contributed by atoms with van der Waals surface area (Å²) >= 11 is 12.2. The number of nitrogens with two attached hydrogens (primary N) is 1. The molecule has 94 valence electrons. The highest BCUT2D eigenvalue weighted by Crippen LogP contribution is 2.33. The van der Waals surface area contributed by atoms with Crippen LogP contribution in [0.4, 0.5) is 5.82 Å². The van der Waals surface area contributed by atoms with Crippen LogP contribution in [0, 0.1) is 0 Å². The zero-order valence-corrected chi connectivity index (χ0v) is 11.6. The van der Waals surface area contributed by atoms with Crippen LogP contribution >= 0.6 is 23.2 Å². The summed E-state index contributed by atoms with van der Waals surface area (Å²) in [5.41, 5.74) is 7.25. The molecule has 0 saturated heterocycles. The summed E-state index contributed by atoms with van der Waals surface area (Å²) in [6.07, 6.45) is 0. The molecule has 0 saturated carbocycles. The minimum atomic E-state index is 0.199. The predicted octanol–water partition coefficient (Wildman–Crippen LogP) is 4.16. The van der Waals surface area contributed by atoms with E-state index in [4.69, 9.17) is 28.9 Å². The Morgan fingerprint density at radius 2 is 1.89 bits per heavy atom. The van der Waals surface area contributed by atoms with Crippen LogP contribution in [0.5, 0.6) is 0 Å². The van der Waals surface area contributed by atoms with Crippen molar-refractivity contribution in [2.75, 3.05) is 5.73 Å². The maximum atomic E-state index is 6.18. The predicted molar refractivity (Wildman–Crippen MR) is 76.0 cm³/mol. The SMILES string of the molecule is CC(C)c1nc(N)cc(-c2cccc(Cl)c2Cl)n1. The first-order valence-electron chi connectivity index (χ1n) is 5.58. The van der Waals surface area contributed by atoms with Crippen molar-refractivity contribution >= 4 is 29.0 Å². The molecule has 0 amide bonds. The van der Waals surface area contributed by atoms with Gasteiger partial charge in [-0.2, -0.15) is 0 Å². The molecule has 1 heterocycles. The van der Waals surface area contributed by atoms with E-state index >= 15 is 0 Å². The van der Waals surface area contributed by atoms with Crippen LogP contribution in [-0.2, 0) is 0 Å². The number of hydrogen-bond donors (Lipinski definition) is 1. The average molecular weight is 282 g/mol. The van der Waals surface area contributed by atoms with Gasteiger partial charge in [-0.15, -0.1) is 0 Å². The molecule has 1 aromatic carbocycles. The summed E-state index contributed by atoms with van der Waals surface area (Å²) in [5, 5.41) is 0.976. The molecule has 5 heteroatoms. The zero-order valence-electron chi connectivity index (χ0n) is 10.1. The topological polar surface area (TPSA) is 51.8 Å². The van der Waals surface area contributed by atoms with Crippen LogP contribution in [0.25, 0.3) is 11.3 Å². The van der Waals surface area contributed by atoms with Crippen molar-refractivity contribution in [2.24, 2.45) is 0 Å². The first-order valence-corrected chi connectivity index (χ1v) is 6.33. The fourth-order valence-corrected chi connectivity index (χ4v) is 1.98. The Hall–Kier alpha value is -1.32. The maximum absolute atomic E-state index is 6.18. The zero-order chi connectivity index (χ0) is 13.3. The van der Waals surface area contributed by atoms with Gasteiger partial charge in [0.15, 0.2) is 0 Å². The molecule has 0 radical (unpaired) electrons. The van der Waals surface area contributed by atoms with Gasteiger partial charge in [-0.05, 0) is 6.07 Å². The van der Waals surface area contributed by atoms with Gasteiger partial charge in [0.05, 0.1) is 15.7 Å². The van der Waals surface area contributed by atoms with Crippen molar-refractivity contribution in [1.82, 2.24) is 9.97 Å². The van der Waals surface area contributed by atoms with Gasteiger partial charge < -0.3 is 5.73 Å². The van der Waals surface area contributed by atoms with Crippen LogP contribution in [0.15, 0.2) is 24.3 Å². The lowest BCUT2D eigenvalue weighted by Gasteiger charge is -2.10. The van der Waals surface area contributed by atoms with Gasteiger partial charge in [0, 0.05) is 17.5 Å². The second-order valence-electron chi connectivity index (χ2n) is 4.29. The molecule has 0 aliphatic carbocycles. The Morgan fingerprint density at radius 3 is 2.56 bits per heavy atom. The minimum Gasteiger partial charge on any atom is -0.384 e. The first-order chi connectivity index (χ1) is 8.49. The Labute approximate surface area is 116 Å². The summed E-state index contributed by atoms with van der Waals surface area (Å²) < 4.78 is 0. The third kappa shape index (κ3) is 2.57. The first kappa shape index (κ1) is 13.1. The highest BCUT2D eigenvalue weighted by Gasteiger charge is 2.12. The van der Waals surface area contributed by atoms with Gasteiger partial charge in [-0.25, -0.2) is 9.97 Å². The lowest BCUT2D eigenvalue weighted by molar-refractivity contribution is 0.779. The normalized spacial score (nSPS) is 10.9. The highest BCUT2D eigenvalue weighted by molar-refractivity contribution is 6.43. The van der Waals surface area contributed by atoms with E-state index in [1.807, 2.05) is 26.0 Å². The molecular weight excluding hydrogens is 269 g/mol. The monoisotopic (exact) mass is 281 g/mol. The number of nitrogen functional groups attached to an aromatic ring is 1. The van der Waals surface area contributed by atoms with Gasteiger partial charge in [-0.1, -0.05) is 49.2 Å². The Kier molecular flexibility index (Phi) is 3.73. The van der Waals surface area contributed by atoms with Crippen molar-refractivity contribution in [3.05, 3.63) is 40.1 Å². The second kappa shape index (κ2) is 5.12. The second-order valence-corrected chi connectivity index (χ2v) is 5.08. The molecule has 0 aliphatic heterocycles. The summed E-state index contributed by atoms with van der Waals surface area (Å²) in [4.78, 5) is 8.67. The average Bonchev–Trinajstić information content (AvgIpc) is 2.31. The van der Waals surface area contributed by atoms with Crippen molar-refractivity contribution < 1.29 is 0 Å². The lowest BCUT2D eigenvalue weighted by atomic mass is 10.1. The van der Waals surface area contributed by atoms with Crippen molar-refractivity contribution in [2.45, 2.75) is 19.8 Å². The summed E-state index contributed by atoms with van der Waals surface area (Å²) in [5.74, 6) is 1.32. The number of hydrogen-bond acceptors (Lipinski definition) is 3. The van der Waals surface area contributed by atoms with Crippen molar-refractivity contribution in [3.63, 3.8) is 0 Å². The molecule has 0 fully saturated rings. The van der Waals surface area contributed by atoms with E-state index in [-0.39, 0.29) is 5.92 Å². The number of halogens is 2. The molecule has 0 bridgehead atoms. The number of nitrogens with zero attached hydrogens (tertiary/aromatic N) is 2. The Balaban J connectivity index is 2.60. The summed E-state index contributed by atoms with van der Waals surface area (Å²) in [6.45, 7) is 4.02. The minimum absolute atomic E-state index is 0.199. The molecule has 2 N–H and O–H groups in total. The summed E-state index contributed by atoms with van der Waals surface area (Å²) in [7, 11) is 0. The fraction of sp³-hybridized carbons (Fsp3) is 0.231. The van der Waals surface area contributed by atoms with E-state index in [2.05, 4.69) is 9.97 Å². The van der Waals surface area contributed by atoms with Crippen LogP contribution in [-0.4, -0.2) is 9.97 Å². The van der Waals surface area contributed by atoms with E-state index in [1.54, 1.807) is 12.1 Å². The van der Waals surface area contributed by atoms with Gasteiger partial charge in [0.1, 0.15) is 11.6 Å². The molecule has 0 spiro atoms. The van der Waals surface area contributed by atoms with Gasteiger partial charge in [0.25, 0.3) is 0 Å². The van der Waals surface area contributed by atoms with Gasteiger partial charge >= 0.3 is 0 Å². The Bertz CT molecular complexity index is 582. The molecule has 2 aromatic rings. The van der Waals surface area contributed by atoms with E-state index < -0.39 is 0 Å². The Morgan fingerprint density at radius 1 is 1.17 bits per heavy atom. The molecule has 0 unspecified atom stereocenters. The van der Waals surface area contributed by atoms with E-state index in [0.717, 1.165) is 5.56 Å². The molecule has 2 rings (SSSR count). The fourth-order valence-electron chi connectivity index (χ4n) is 1.58. The smallest absolute Gasteiger partial charge is 0.133 e. The number of aromatic nitrogens is 2. The molecular formula is C13H13Cl2N3. The van der Waals surface area contributed by atoms with Gasteiger partial charge in [0.2, 0.25) is 0 Å². The third-order valence-electron chi connectivity index (χ3n) is 2.51. The maximum Gasteiger partial charge on any atom is 0.133 e. The van der Waals surface area contributed by atoms with Crippen LogP contribution in [0.1, 0.15) is 25.6 Å². The van der Waals surface area contributed by atoms with E-state index in [9.17, 15) is 0 Å². The molecule has 1 aromatic heterocycles. The third-order valence-corrected chi connectivity index (χ3v) is 3.33. The van der Waals surface area contributed by atoms with Crippen LogP contribution in [0.3, 0.4) is 0 Å². The standard InChI is InChI=1S/C13H13Cl2N3/c1-7(2)13-17-10(6-11(16)18-13)8-4-3-5-9(14)12(8)15/h3-7H,1-2H3,(H2,16,17,18). The largest absolute Gasteiger partial charge is 0.384 e. The molecule has 0 aliphatic rings.